The standard InChI is InChI=1S/C14H14BrN3O/c15-10-3-1-9(2-4-10)12-7-13(12)14(19)16-8-11-5-6-17-18-11/h1-6,12-13H,7-8H2,(H,16,19)(H,17,18)/t12-,13+/m0/s1. The van der Waals surface area contributed by atoms with Gasteiger partial charge in [-0.1, -0.05) is 28.1 Å². The lowest BCUT2D eigenvalue weighted by Crippen LogP contribution is -2.25. The zero-order chi connectivity index (χ0) is 13.2. The molecule has 19 heavy (non-hydrogen) atoms. The van der Waals surface area contributed by atoms with Gasteiger partial charge in [-0.05, 0) is 36.1 Å². The molecule has 1 aromatic carbocycles. The molecule has 5 heteroatoms. The Labute approximate surface area is 119 Å². The van der Waals surface area contributed by atoms with Crippen LogP contribution in [0.3, 0.4) is 0 Å². The lowest BCUT2D eigenvalue weighted by Gasteiger charge is -2.03. The van der Waals surface area contributed by atoms with Crippen LogP contribution in [0.1, 0.15) is 23.6 Å². The van der Waals surface area contributed by atoms with E-state index in [1.54, 1.807) is 6.20 Å². The normalized spacial score (nSPS) is 21.1. The molecule has 1 heterocycles. The van der Waals surface area contributed by atoms with Crippen molar-refractivity contribution in [2.45, 2.75) is 18.9 Å². The average Bonchev–Trinajstić information content (AvgIpc) is 3.05. The highest BCUT2D eigenvalue weighted by atomic mass is 79.9. The van der Waals surface area contributed by atoms with E-state index in [0.29, 0.717) is 12.5 Å². The number of carbonyl (C=O) groups is 1. The third-order valence-electron chi connectivity index (χ3n) is 3.44. The predicted molar refractivity (Wildman–Crippen MR) is 75.4 cm³/mol. The van der Waals surface area contributed by atoms with Crippen molar-refractivity contribution in [3.05, 3.63) is 52.3 Å². The minimum atomic E-state index is 0.115. The first-order valence-corrected chi connectivity index (χ1v) is 7.05. The van der Waals surface area contributed by atoms with Crippen molar-refractivity contribution in [3.8, 4) is 0 Å². The van der Waals surface area contributed by atoms with Crippen molar-refractivity contribution in [1.82, 2.24) is 15.5 Å². The van der Waals surface area contributed by atoms with E-state index in [1.165, 1.54) is 5.56 Å². The molecule has 2 atom stereocenters. The van der Waals surface area contributed by atoms with E-state index >= 15 is 0 Å². The Morgan fingerprint density at radius 3 is 2.84 bits per heavy atom. The fourth-order valence-corrected chi connectivity index (χ4v) is 2.52. The first-order valence-electron chi connectivity index (χ1n) is 6.25. The summed E-state index contributed by atoms with van der Waals surface area (Å²) in [5, 5.41) is 9.62. The van der Waals surface area contributed by atoms with Gasteiger partial charge in [-0.2, -0.15) is 5.10 Å². The topological polar surface area (TPSA) is 57.8 Å². The second kappa shape index (κ2) is 5.17. The number of amides is 1. The van der Waals surface area contributed by atoms with E-state index in [9.17, 15) is 4.79 Å². The van der Waals surface area contributed by atoms with Gasteiger partial charge in [0.2, 0.25) is 5.91 Å². The third-order valence-corrected chi connectivity index (χ3v) is 3.97. The zero-order valence-electron chi connectivity index (χ0n) is 10.3. The summed E-state index contributed by atoms with van der Waals surface area (Å²) in [5.74, 6) is 0.612. The summed E-state index contributed by atoms with van der Waals surface area (Å²) in [6, 6.07) is 10.1. The van der Waals surface area contributed by atoms with E-state index < -0.39 is 0 Å². The Balaban J connectivity index is 1.54. The van der Waals surface area contributed by atoms with Gasteiger partial charge in [0.1, 0.15) is 0 Å². The van der Waals surface area contributed by atoms with E-state index in [0.717, 1.165) is 16.6 Å². The smallest absolute Gasteiger partial charge is 0.224 e. The summed E-state index contributed by atoms with van der Waals surface area (Å²) in [5.41, 5.74) is 2.17. The summed E-state index contributed by atoms with van der Waals surface area (Å²) < 4.78 is 1.07. The second-order valence-corrected chi connectivity index (χ2v) is 5.72. The fraction of sp³-hybridized carbons (Fsp3) is 0.286. The van der Waals surface area contributed by atoms with Gasteiger partial charge in [0.05, 0.1) is 12.2 Å². The van der Waals surface area contributed by atoms with E-state index in [2.05, 4.69) is 43.6 Å². The quantitative estimate of drug-likeness (QED) is 0.910. The molecule has 1 amide bonds. The summed E-state index contributed by atoms with van der Waals surface area (Å²) in [6.45, 7) is 0.516. The van der Waals surface area contributed by atoms with E-state index in [1.807, 2.05) is 18.2 Å². The number of hydrogen-bond donors (Lipinski definition) is 2. The van der Waals surface area contributed by atoms with Crippen molar-refractivity contribution < 1.29 is 4.79 Å². The molecule has 0 bridgehead atoms. The average molecular weight is 320 g/mol. The lowest BCUT2D eigenvalue weighted by molar-refractivity contribution is -0.122. The van der Waals surface area contributed by atoms with Gasteiger partial charge in [0.25, 0.3) is 0 Å². The molecular formula is C14H14BrN3O. The van der Waals surface area contributed by atoms with Crippen LogP contribution in [0.15, 0.2) is 41.0 Å². The number of halogens is 1. The Morgan fingerprint density at radius 1 is 1.37 bits per heavy atom. The molecule has 0 spiro atoms. The van der Waals surface area contributed by atoms with Crippen LogP contribution in [-0.4, -0.2) is 16.1 Å². The van der Waals surface area contributed by atoms with Crippen LogP contribution < -0.4 is 5.32 Å². The van der Waals surface area contributed by atoms with Crippen molar-refractivity contribution in [1.29, 1.82) is 0 Å². The SMILES string of the molecule is O=C(NCc1ccn[nH]1)[C@@H]1C[C@H]1c1ccc(Br)cc1. The molecule has 0 radical (unpaired) electrons. The number of nitrogens with one attached hydrogen (secondary N) is 2. The molecule has 1 aliphatic rings. The fourth-order valence-electron chi connectivity index (χ4n) is 2.26. The number of rotatable bonds is 4. The molecule has 2 aromatic rings. The molecule has 1 aromatic heterocycles. The minimum absolute atomic E-state index is 0.115. The largest absolute Gasteiger partial charge is 0.350 e. The molecule has 1 saturated carbocycles. The van der Waals surface area contributed by atoms with Crippen LogP contribution in [0.5, 0.6) is 0 Å². The monoisotopic (exact) mass is 319 g/mol. The summed E-state index contributed by atoms with van der Waals surface area (Å²) in [6.07, 6.45) is 2.62. The molecule has 0 unspecified atom stereocenters. The molecule has 0 aliphatic heterocycles. The molecule has 1 aliphatic carbocycles. The van der Waals surface area contributed by atoms with Gasteiger partial charge in [-0.15, -0.1) is 0 Å². The van der Waals surface area contributed by atoms with Crippen molar-refractivity contribution >= 4 is 21.8 Å². The molecular weight excluding hydrogens is 306 g/mol. The molecule has 1 fully saturated rings. The zero-order valence-corrected chi connectivity index (χ0v) is 11.9. The van der Waals surface area contributed by atoms with Gasteiger partial charge < -0.3 is 5.32 Å². The number of aromatic amines is 1. The summed E-state index contributed by atoms with van der Waals surface area (Å²) >= 11 is 3.42. The lowest BCUT2D eigenvalue weighted by atomic mass is 10.1. The van der Waals surface area contributed by atoms with Crippen LogP contribution >= 0.6 is 15.9 Å². The van der Waals surface area contributed by atoms with E-state index in [4.69, 9.17) is 0 Å². The predicted octanol–water partition coefficient (Wildman–Crippen LogP) is 2.59. The molecule has 0 saturated heterocycles. The van der Waals surface area contributed by atoms with Crippen LogP contribution in [0.25, 0.3) is 0 Å². The summed E-state index contributed by atoms with van der Waals surface area (Å²) in [4.78, 5) is 12.0. The first kappa shape index (κ1) is 12.4. The molecule has 2 N–H and O–H groups in total. The van der Waals surface area contributed by atoms with Gasteiger partial charge in [-0.25, -0.2) is 0 Å². The maximum atomic E-state index is 12.0. The highest BCUT2D eigenvalue weighted by Gasteiger charge is 2.43. The Kier molecular flexibility index (Phi) is 3.38. The Morgan fingerprint density at radius 2 is 2.16 bits per heavy atom. The van der Waals surface area contributed by atoms with E-state index in [-0.39, 0.29) is 11.8 Å². The van der Waals surface area contributed by atoms with Crippen LogP contribution in [0.4, 0.5) is 0 Å². The van der Waals surface area contributed by atoms with Crippen molar-refractivity contribution in [3.63, 3.8) is 0 Å². The van der Waals surface area contributed by atoms with Gasteiger partial charge in [0, 0.05) is 16.6 Å². The number of aromatic nitrogens is 2. The van der Waals surface area contributed by atoms with Crippen LogP contribution in [-0.2, 0) is 11.3 Å². The third kappa shape index (κ3) is 2.87. The number of carbonyl (C=O) groups excluding carboxylic acids is 1. The highest BCUT2D eigenvalue weighted by Crippen LogP contribution is 2.47. The van der Waals surface area contributed by atoms with Gasteiger partial charge in [0.15, 0.2) is 0 Å². The van der Waals surface area contributed by atoms with Crippen LogP contribution in [0, 0.1) is 5.92 Å². The van der Waals surface area contributed by atoms with Gasteiger partial charge in [-0.3, -0.25) is 9.89 Å². The van der Waals surface area contributed by atoms with Crippen molar-refractivity contribution in [2.75, 3.05) is 0 Å². The Bertz CT molecular complexity index is 565. The highest BCUT2D eigenvalue weighted by molar-refractivity contribution is 9.10. The number of H-pyrrole nitrogens is 1. The second-order valence-electron chi connectivity index (χ2n) is 4.80. The number of hydrogen-bond acceptors (Lipinski definition) is 2. The Hall–Kier alpha value is -1.62. The molecule has 3 rings (SSSR count). The molecule has 4 nitrogen and oxygen atoms in total. The molecule has 98 valence electrons. The minimum Gasteiger partial charge on any atom is -0.350 e. The van der Waals surface area contributed by atoms with Gasteiger partial charge >= 0.3 is 0 Å². The van der Waals surface area contributed by atoms with Crippen molar-refractivity contribution in [2.24, 2.45) is 5.92 Å². The summed E-state index contributed by atoms with van der Waals surface area (Å²) in [7, 11) is 0. The maximum Gasteiger partial charge on any atom is 0.224 e. The number of benzene rings is 1. The first-order chi connectivity index (χ1) is 9.24. The maximum absolute atomic E-state index is 12.0. The number of nitrogens with zero attached hydrogens (tertiary/aromatic N) is 1. The van der Waals surface area contributed by atoms with Crippen LogP contribution in [0.2, 0.25) is 0 Å².